The molecule has 0 N–H and O–H groups in total. The summed E-state index contributed by atoms with van der Waals surface area (Å²) in [6, 6.07) is 4.36. The van der Waals surface area contributed by atoms with Gasteiger partial charge in [0, 0.05) is 6.30 Å². The smallest absolute Gasteiger partial charge is 0.00453 e. The molecule has 0 spiro atoms. The third-order valence-corrected chi connectivity index (χ3v) is 3.10. The minimum Gasteiger partial charge on any atom is -0.149 e. The van der Waals surface area contributed by atoms with Gasteiger partial charge in [0.1, 0.15) is 0 Å². The quantitative estimate of drug-likeness (QED) is 0.641. The van der Waals surface area contributed by atoms with E-state index in [1.165, 1.54) is 24.1 Å². The van der Waals surface area contributed by atoms with Gasteiger partial charge in [0.15, 0.2) is 0 Å². The summed E-state index contributed by atoms with van der Waals surface area (Å²) in [5, 5.41) is 2.16. The van der Waals surface area contributed by atoms with Crippen molar-refractivity contribution in [2.75, 3.05) is 0 Å². The summed E-state index contributed by atoms with van der Waals surface area (Å²) in [5.41, 5.74) is 0. The van der Waals surface area contributed by atoms with Crippen LogP contribution >= 0.6 is 11.3 Å². The van der Waals surface area contributed by atoms with Crippen LogP contribution in [0.1, 0.15) is 33.0 Å². The number of aryl methyl sites for hydroxylation is 1. The number of hydrogen-bond acceptors (Lipinski definition) is 1. The van der Waals surface area contributed by atoms with Crippen LogP contribution in [-0.2, 0) is 6.42 Å². The first-order valence-corrected chi connectivity index (χ1v) is 5.23. The van der Waals surface area contributed by atoms with Gasteiger partial charge < -0.3 is 0 Å². The van der Waals surface area contributed by atoms with E-state index in [0.717, 1.165) is 5.92 Å². The Kier molecular flexibility index (Phi) is 3.64. The van der Waals surface area contributed by atoms with E-state index in [4.69, 9.17) is 0 Å². The Labute approximate surface area is 74.7 Å². The zero-order valence-electron chi connectivity index (χ0n) is 7.34. The van der Waals surface area contributed by atoms with Crippen molar-refractivity contribution >= 4 is 11.3 Å². The van der Waals surface area contributed by atoms with E-state index in [1.54, 1.807) is 0 Å². The molecule has 64 valence electrons. The lowest BCUT2D eigenvalue weighted by Crippen LogP contribution is -1.93. The van der Waals surface area contributed by atoms with E-state index >= 15 is 0 Å². The molecule has 0 bridgehead atoms. The zero-order valence-corrected chi connectivity index (χ0v) is 8.16. The molecule has 0 nitrogen and oxygen atoms in total. The minimum absolute atomic E-state index is 0. The van der Waals surface area contributed by atoms with Crippen molar-refractivity contribution in [2.24, 2.45) is 5.92 Å². The molecule has 1 heterocycles. The third kappa shape index (κ3) is 3.06. The molecule has 0 aliphatic heterocycles. The van der Waals surface area contributed by atoms with Gasteiger partial charge >= 0.3 is 0 Å². The summed E-state index contributed by atoms with van der Waals surface area (Å²) >= 11 is 1.88. The van der Waals surface area contributed by atoms with Crippen LogP contribution < -0.4 is 0 Å². The average molecular weight is 170 g/mol. The lowest BCUT2D eigenvalue weighted by Gasteiger charge is -2.05. The van der Waals surface area contributed by atoms with Gasteiger partial charge in [-0.1, -0.05) is 26.3 Å². The van der Waals surface area contributed by atoms with Crippen LogP contribution in [0.3, 0.4) is 0 Å². The molecule has 1 aromatic heterocycles. The number of hydrogen-bond donors (Lipinski definition) is 0. The Balaban J connectivity index is 0.00000121. The first kappa shape index (κ1) is 8.79. The van der Waals surface area contributed by atoms with E-state index < -0.39 is 0 Å². The second kappa shape index (κ2) is 4.55. The van der Waals surface area contributed by atoms with Crippen molar-refractivity contribution in [3.05, 3.63) is 22.4 Å². The second-order valence-electron chi connectivity index (χ2n) is 3.13. The largest absolute Gasteiger partial charge is 0.149 e. The monoisotopic (exact) mass is 170 g/mol. The van der Waals surface area contributed by atoms with Crippen LogP contribution in [0.15, 0.2) is 17.5 Å². The molecule has 1 atom stereocenters. The minimum atomic E-state index is 0. The van der Waals surface area contributed by atoms with Crippen molar-refractivity contribution in [2.45, 2.75) is 33.1 Å². The van der Waals surface area contributed by atoms with Crippen molar-refractivity contribution in [3.8, 4) is 0 Å². The summed E-state index contributed by atoms with van der Waals surface area (Å²) in [7, 11) is 0. The van der Waals surface area contributed by atoms with Gasteiger partial charge in [-0.15, -0.1) is 11.3 Å². The molecular formula is C10H18S. The van der Waals surface area contributed by atoms with Crippen LogP contribution in [0.5, 0.6) is 0 Å². The summed E-state index contributed by atoms with van der Waals surface area (Å²) in [6.45, 7) is 4.59. The van der Waals surface area contributed by atoms with E-state index in [0.29, 0.717) is 0 Å². The van der Waals surface area contributed by atoms with Crippen LogP contribution in [0.4, 0.5) is 0 Å². The highest BCUT2D eigenvalue weighted by atomic mass is 32.1. The highest BCUT2D eigenvalue weighted by Gasteiger charge is 1.99. The normalized spacial score (nSPS) is 13.3. The fourth-order valence-electron chi connectivity index (χ4n) is 1.05. The van der Waals surface area contributed by atoms with Crippen LogP contribution in [0.2, 0.25) is 0 Å². The molecule has 0 aliphatic carbocycles. The lowest BCUT2D eigenvalue weighted by molar-refractivity contribution is 0.518. The molecule has 0 saturated carbocycles. The van der Waals surface area contributed by atoms with E-state index in [9.17, 15) is 0 Å². The lowest BCUT2D eigenvalue weighted by atomic mass is 10.0. The van der Waals surface area contributed by atoms with Crippen LogP contribution in [-0.4, -0.2) is 0 Å². The topological polar surface area (TPSA) is 0 Å². The van der Waals surface area contributed by atoms with E-state index in [-0.39, 0.29) is 1.43 Å². The molecule has 0 radical (unpaired) electrons. The first-order valence-electron chi connectivity index (χ1n) is 4.35. The van der Waals surface area contributed by atoms with Gasteiger partial charge in [-0.05, 0) is 30.2 Å². The number of rotatable bonds is 4. The Morgan fingerprint density at radius 3 is 3.00 bits per heavy atom. The Hall–Kier alpha value is -0.300. The third-order valence-electron chi connectivity index (χ3n) is 2.16. The maximum atomic E-state index is 2.33. The maximum Gasteiger partial charge on any atom is 0.00453 e. The molecule has 0 amide bonds. The Morgan fingerprint density at radius 1 is 1.64 bits per heavy atom. The van der Waals surface area contributed by atoms with Crippen molar-refractivity contribution in [3.63, 3.8) is 0 Å². The van der Waals surface area contributed by atoms with Gasteiger partial charge in [-0.3, -0.25) is 0 Å². The molecule has 1 unspecified atom stereocenters. The zero-order chi connectivity index (χ0) is 8.10. The molecule has 11 heavy (non-hydrogen) atoms. The number of thiophene rings is 1. The van der Waals surface area contributed by atoms with Crippen LogP contribution in [0, 0.1) is 5.92 Å². The second-order valence-corrected chi connectivity index (χ2v) is 4.16. The van der Waals surface area contributed by atoms with Crippen LogP contribution in [0.25, 0.3) is 0 Å². The summed E-state index contributed by atoms with van der Waals surface area (Å²) in [4.78, 5) is 1.53. The summed E-state index contributed by atoms with van der Waals surface area (Å²) < 4.78 is 0. The summed E-state index contributed by atoms with van der Waals surface area (Å²) in [5.74, 6) is 0.886. The molecular weight excluding hydrogens is 152 g/mol. The van der Waals surface area contributed by atoms with E-state index in [2.05, 4.69) is 31.4 Å². The predicted molar refractivity (Wildman–Crippen MR) is 54.2 cm³/mol. The van der Waals surface area contributed by atoms with Crippen molar-refractivity contribution in [1.82, 2.24) is 0 Å². The molecule has 0 fully saturated rings. The maximum absolute atomic E-state index is 2.33. The standard InChI is InChI=1S/C10H16S.H2/c1-3-9(2)6-7-10-5-4-8-11-10;/h4-5,8-9H,3,6-7H2,1-2H3;1H. The predicted octanol–water partition coefficient (Wildman–Crippen LogP) is 3.97. The highest BCUT2D eigenvalue weighted by Crippen LogP contribution is 2.15. The van der Waals surface area contributed by atoms with Gasteiger partial charge in [-0.25, -0.2) is 0 Å². The van der Waals surface area contributed by atoms with Gasteiger partial charge in [-0.2, -0.15) is 0 Å². The van der Waals surface area contributed by atoms with Crippen molar-refractivity contribution in [1.29, 1.82) is 0 Å². The SMILES string of the molecule is CCC(C)CCc1cccs1.[HH]. The molecule has 0 saturated heterocycles. The molecule has 0 aliphatic rings. The molecule has 1 heteroatoms. The first-order chi connectivity index (χ1) is 5.33. The fourth-order valence-corrected chi connectivity index (χ4v) is 1.77. The van der Waals surface area contributed by atoms with E-state index in [1.807, 2.05) is 11.3 Å². The summed E-state index contributed by atoms with van der Waals surface area (Å²) in [6.07, 6.45) is 3.93. The fraction of sp³-hybridized carbons (Fsp3) is 0.600. The molecule has 1 rings (SSSR count). The van der Waals surface area contributed by atoms with Gasteiger partial charge in [0.05, 0.1) is 0 Å². The highest BCUT2D eigenvalue weighted by molar-refractivity contribution is 7.09. The van der Waals surface area contributed by atoms with Crippen molar-refractivity contribution < 1.29 is 1.43 Å². The molecule has 1 aromatic rings. The Morgan fingerprint density at radius 2 is 2.45 bits per heavy atom. The van der Waals surface area contributed by atoms with Gasteiger partial charge in [0.2, 0.25) is 0 Å². The van der Waals surface area contributed by atoms with Gasteiger partial charge in [0.25, 0.3) is 0 Å². The Bertz CT molecular complexity index is 182. The molecule has 0 aromatic carbocycles. The average Bonchev–Trinajstić information content (AvgIpc) is 2.52.